The number of methoxy groups -OCH3 is 2. The minimum absolute atomic E-state index is 0.0437. The minimum Gasteiger partial charge on any atom is -0.493 e. The highest BCUT2D eigenvalue weighted by atomic mass is 16.5. The van der Waals surface area contributed by atoms with Gasteiger partial charge in [-0.3, -0.25) is 0 Å². The summed E-state index contributed by atoms with van der Waals surface area (Å²) in [7, 11) is 3.29. The highest BCUT2D eigenvalue weighted by Crippen LogP contribution is 2.37. The molecule has 110 valence electrons. The van der Waals surface area contributed by atoms with Crippen LogP contribution in [-0.2, 0) is 13.2 Å². The Hall–Kier alpha value is -2.20. The summed E-state index contributed by atoms with van der Waals surface area (Å²) < 4.78 is 13.1. The number of nitrogens with zero attached hydrogens (tertiary/aromatic N) is 1. The first kappa shape index (κ1) is 13.8. The SMILES string of the molecule is CCn1c2ccc(CO)cc2c2cc(OC)c(OC)cc21. The lowest BCUT2D eigenvalue weighted by molar-refractivity contribution is 0.282. The maximum absolute atomic E-state index is 9.36. The number of rotatable bonds is 4. The molecule has 0 aliphatic rings. The van der Waals surface area contributed by atoms with Crippen LogP contribution in [0.2, 0.25) is 0 Å². The van der Waals surface area contributed by atoms with Crippen molar-refractivity contribution in [2.45, 2.75) is 20.1 Å². The first-order valence-corrected chi connectivity index (χ1v) is 7.01. The van der Waals surface area contributed by atoms with E-state index in [4.69, 9.17) is 9.47 Å². The molecule has 0 unspecified atom stereocenters. The highest BCUT2D eigenvalue weighted by molar-refractivity contribution is 6.09. The zero-order chi connectivity index (χ0) is 15.0. The summed E-state index contributed by atoms with van der Waals surface area (Å²) in [6, 6.07) is 10.1. The van der Waals surface area contributed by atoms with Gasteiger partial charge in [-0.2, -0.15) is 0 Å². The average molecular weight is 285 g/mol. The topological polar surface area (TPSA) is 43.6 Å². The van der Waals surface area contributed by atoms with E-state index in [1.54, 1.807) is 14.2 Å². The van der Waals surface area contributed by atoms with Gasteiger partial charge in [0.25, 0.3) is 0 Å². The standard InChI is InChI=1S/C17H19NO3/c1-4-18-14-6-5-11(10-19)7-12(14)13-8-16(20-2)17(21-3)9-15(13)18/h5-9,19H,4,10H2,1-3H3. The van der Waals surface area contributed by atoms with E-state index < -0.39 is 0 Å². The Morgan fingerprint density at radius 1 is 0.952 bits per heavy atom. The molecular formula is C17H19NO3. The Morgan fingerprint density at radius 2 is 1.62 bits per heavy atom. The summed E-state index contributed by atoms with van der Waals surface area (Å²) in [6.45, 7) is 3.03. The van der Waals surface area contributed by atoms with Gasteiger partial charge in [0.2, 0.25) is 0 Å². The highest BCUT2D eigenvalue weighted by Gasteiger charge is 2.14. The van der Waals surface area contributed by atoms with E-state index in [0.29, 0.717) is 0 Å². The number of hydrogen-bond acceptors (Lipinski definition) is 3. The Bertz CT molecular complexity index is 805. The fourth-order valence-corrected chi connectivity index (χ4v) is 2.91. The van der Waals surface area contributed by atoms with Crippen LogP contribution in [0.3, 0.4) is 0 Å². The van der Waals surface area contributed by atoms with Crippen LogP contribution in [0.1, 0.15) is 12.5 Å². The number of aliphatic hydroxyl groups excluding tert-OH is 1. The molecule has 0 amide bonds. The number of aromatic nitrogens is 1. The fraction of sp³-hybridized carbons (Fsp3) is 0.294. The summed E-state index contributed by atoms with van der Waals surface area (Å²) in [4.78, 5) is 0. The van der Waals surface area contributed by atoms with E-state index in [1.165, 1.54) is 0 Å². The molecule has 4 heteroatoms. The summed E-state index contributed by atoms with van der Waals surface area (Å²) >= 11 is 0. The molecule has 1 aromatic heterocycles. The third kappa shape index (κ3) is 2.03. The van der Waals surface area contributed by atoms with Gasteiger partial charge in [0, 0.05) is 28.9 Å². The molecule has 0 fully saturated rings. The van der Waals surface area contributed by atoms with Crippen molar-refractivity contribution < 1.29 is 14.6 Å². The summed E-state index contributed by atoms with van der Waals surface area (Å²) in [5.41, 5.74) is 3.17. The average Bonchev–Trinajstić information content (AvgIpc) is 2.85. The van der Waals surface area contributed by atoms with Gasteiger partial charge in [-0.25, -0.2) is 0 Å². The summed E-state index contributed by atoms with van der Waals surface area (Å²) in [5, 5.41) is 11.6. The van der Waals surface area contributed by atoms with Gasteiger partial charge in [0.1, 0.15) is 0 Å². The van der Waals surface area contributed by atoms with Gasteiger partial charge in [-0.15, -0.1) is 0 Å². The second-order valence-corrected chi connectivity index (χ2v) is 4.98. The first-order chi connectivity index (χ1) is 10.2. The largest absolute Gasteiger partial charge is 0.493 e. The Kier molecular flexibility index (Phi) is 3.47. The molecule has 0 saturated heterocycles. The second-order valence-electron chi connectivity index (χ2n) is 4.98. The van der Waals surface area contributed by atoms with E-state index in [-0.39, 0.29) is 6.61 Å². The third-order valence-electron chi connectivity index (χ3n) is 3.93. The fourth-order valence-electron chi connectivity index (χ4n) is 2.91. The van der Waals surface area contributed by atoms with Crippen LogP contribution in [0.4, 0.5) is 0 Å². The van der Waals surface area contributed by atoms with Crippen LogP contribution in [0.5, 0.6) is 11.5 Å². The number of aryl methyl sites for hydroxylation is 1. The molecule has 0 spiro atoms. The van der Waals surface area contributed by atoms with Crippen molar-refractivity contribution in [3.63, 3.8) is 0 Å². The zero-order valence-corrected chi connectivity index (χ0v) is 12.5. The Balaban J connectivity index is 2.44. The maximum Gasteiger partial charge on any atom is 0.162 e. The normalized spacial score (nSPS) is 11.2. The molecule has 1 heterocycles. The number of fused-ring (bicyclic) bond motifs is 3. The molecule has 0 radical (unpaired) electrons. The van der Waals surface area contributed by atoms with Gasteiger partial charge in [-0.1, -0.05) is 6.07 Å². The van der Waals surface area contributed by atoms with Gasteiger partial charge < -0.3 is 19.1 Å². The number of aliphatic hydroxyl groups is 1. The van der Waals surface area contributed by atoms with E-state index >= 15 is 0 Å². The molecule has 0 saturated carbocycles. The molecule has 0 bridgehead atoms. The van der Waals surface area contributed by atoms with Crippen molar-refractivity contribution in [2.24, 2.45) is 0 Å². The van der Waals surface area contributed by atoms with E-state index in [9.17, 15) is 5.11 Å². The van der Waals surface area contributed by atoms with Crippen molar-refractivity contribution >= 4 is 21.8 Å². The molecule has 2 aromatic carbocycles. The van der Waals surface area contributed by atoms with Crippen molar-refractivity contribution in [3.05, 3.63) is 35.9 Å². The lowest BCUT2D eigenvalue weighted by Gasteiger charge is -2.09. The molecular weight excluding hydrogens is 266 g/mol. The van der Waals surface area contributed by atoms with Crippen molar-refractivity contribution in [3.8, 4) is 11.5 Å². The molecule has 0 aliphatic carbocycles. The van der Waals surface area contributed by atoms with Crippen molar-refractivity contribution in [2.75, 3.05) is 14.2 Å². The van der Waals surface area contributed by atoms with Crippen LogP contribution in [0, 0.1) is 0 Å². The molecule has 21 heavy (non-hydrogen) atoms. The first-order valence-electron chi connectivity index (χ1n) is 7.01. The third-order valence-corrected chi connectivity index (χ3v) is 3.93. The predicted octanol–water partition coefficient (Wildman–Crippen LogP) is 3.32. The molecule has 0 atom stereocenters. The van der Waals surface area contributed by atoms with Crippen LogP contribution >= 0.6 is 0 Å². The Labute approximate surface area is 123 Å². The number of ether oxygens (including phenoxy) is 2. The van der Waals surface area contributed by atoms with Crippen LogP contribution in [0.25, 0.3) is 21.8 Å². The lowest BCUT2D eigenvalue weighted by atomic mass is 10.1. The Morgan fingerprint density at radius 3 is 2.24 bits per heavy atom. The van der Waals surface area contributed by atoms with Gasteiger partial charge >= 0.3 is 0 Å². The second kappa shape index (κ2) is 5.30. The number of benzene rings is 2. The van der Waals surface area contributed by atoms with Gasteiger partial charge in [0.05, 0.1) is 26.3 Å². The molecule has 0 aliphatic heterocycles. The van der Waals surface area contributed by atoms with E-state index in [1.807, 2.05) is 24.3 Å². The predicted molar refractivity (Wildman–Crippen MR) is 84.1 cm³/mol. The van der Waals surface area contributed by atoms with Crippen LogP contribution < -0.4 is 9.47 Å². The van der Waals surface area contributed by atoms with Crippen molar-refractivity contribution in [1.82, 2.24) is 4.57 Å². The monoisotopic (exact) mass is 285 g/mol. The molecule has 4 nitrogen and oxygen atoms in total. The van der Waals surface area contributed by atoms with Crippen LogP contribution in [0.15, 0.2) is 30.3 Å². The minimum atomic E-state index is 0.0437. The number of hydrogen-bond donors (Lipinski definition) is 1. The van der Waals surface area contributed by atoms with E-state index in [2.05, 4.69) is 17.6 Å². The van der Waals surface area contributed by atoms with E-state index in [0.717, 1.165) is 45.4 Å². The zero-order valence-electron chi connectivity index (χ0n) is 12.5. The quantitative estimate of drug-likeness (QED) is 0.799. The molecule has 1 N–H and O–H groups in total. The molecule has 3 aromatic rings. The molecule has 3 rings (SSSR count). The van der Waals surface area contributed by atoms with Crippen LogP contribution in [-0.4, -0.2) is 23.9 Å². The van der Waals surface area contributed by atoms with Crippen molar-refractivity contribution in [1.29, 1.82) is 0 Å². The summed E-state index contributed by atoms with van der Waals surface area (Å²) in [6.07, 6.45) is 0. The van der Waals surface area contributed by atoms with Gasteiger partial charge in [0.15, 0.2) is 11.5 Å². The lowest BCUT2D eigenvalue weighted by Crippen LogP contribution is -1.95. The van der Waals surface area contributed by atoms with Gasteiger partial charge in [-0.05, 0) is 30.7 Å². The summed E-state index contributed by atoms with van der Waals surface area (Å²) in [5.74, 6) is 1.44. The smallest absolute Gasteiger partial charge is 0.162 e. The maximum atomic E-state index is 9.36.